The highest BCUT2D eigenvalue weighted by Gasteiger charge is 2.14. The van der Waals surface area contributed by atoms with Gasteiger partial charge in [-0.15, -0.1) is 0 Å². The number of anilines is 1. The zero-order valence-corrected chi connectivity index (χ0v) is 19.3. The SMILES string of the molecule is CC(C)Oc1ccc(NC(=NCCCn2cccn2)NCCCOCC2CCCO2)cc1. The number of guanidine groups is 1. The van der Waals surface area contributed by atoms with Crippen LogP contribution in [-0.2, 0) is 16.0 Å². The van der Waals surface area contributed by atoms with E-state index in [4.69, 9.17) is 19.2 Å². The Balaban J connectivity index is 1.43. The van der Waals surface area contributed by atoms with Gasteiger partial charge in [0.25, 0.3) is 0 Å². The third kappa shape index (κ3) is 9.28. The van der Waals surface area contributed by atoms with Crippen molar-refractivity contribution in [1.29, 1.82) is 0 Å². The van der Waals surface area contributed by atoms with Crippen LogP contribution >= 0.6 is 0 Å². The lowest BCUT2D eigenvalue weighted by atomic mass is 10.2. The third-order valence-corrected chi connectivity index (χ3v) is 4.95. The van der Waals surface area contributed by atoms with Gasteiger partial charge >= 0.3 is 0 Å². The topological polar surface area (TPSA) is 81.9 Å². The average molecular weight is 444 g/mol. The quantitative estimate of drug-likeness (QED) is 0.279. The van der Waals surface area contributed by atoms with Gasteiger partial charge in [0.2, 0.25) is 0 Å². The van der Waals surface area contributed by atoms with Gasteiger partial charge in [0, 0.05) is 50.9 Å². The molecule has 1 fully saturated rings. The molecule has 0 radical (unpaired) electrons. The molecule has 176 valence electrons. The van der Waals surface area contributed by atoms with Gasteiger partial charge in [0.15, 0.2) is 5.96 Å². The van der Waals surface area contributed by atoms with Crippen molar-refractivity contribution >= 4 is 11.6 Å². The standard InChI is InChI=1S/C24H37N5O3/c1-20(2)32-22-10-8-21(9-11-22)28-24(25-12-4-15-29-16-5-14-27-29)26-13-6-17-30-19-23-7-3-18-31-23/h5,8-11,14,16,20,23H,3-4,6-7,12-13,15,17-19H2,1-2H3,(H2,25,26,28). The van der Waals surface area contributed by atoms with E-state index in [0.717, 1.165) is 62.8 Å². The Morgan fingerprint density at radius 1 is 1.28 bits per heavy atom. The van der Waals surface area contributed by atoms with Gasteiger partial charge < -0.3 is 24.8 Å². The van der Waals surface area contributed by atoms with E-state index in [9.17, 15) is 0 Å². The summed E-state index contributed by atoms with van der Waals surface area (Å²) >= 11 is 0. The van der Waals surface area contributed by atoms with E-state index >= 15 is 0 Å². The Kier molecular flexibility index (Phi) is 10.3. The first-order valence-corrected chi connectivity index (χ1v) is 11.7. The molecule has 1 atom stereocenters. The third-order valence-electron chi connectivity index (χ3n) is 4.95. The highest BCUT2D eigenvalue weighted by molar-refractivity contribution is 5.93. The molecule has 1 unspecified atom stereocenters. The van der Waals surface area contributed by atoms with Crippen LogP contribution < -0.4 is 15.4 Å². The molecule has 1 aliphatic rings. The number of ether oxygens (including phenoxy) is 3. The summed E-state index contributed by atoms with van der Waals surface area (Å²) < 4.78 is 19.0. The number of benzene rings is 1. The summed E-state index contributed by atoms with van der Waals surface area (Å²) in [7, 11) is 0. The van der Waals surface area contributed by atoms with Crippen LogP contribution in [-0.4, -0.2) is 60.9 Å². The van der Waals surface area contributed by atoms with Crippen molar-refractivity contribution in [1.82, 2.24) is 15.1 Å². The van der Waals surface area contributed by atoms with Crippen molar-refractivity contribution in [2.24, 2.45) is 4.99 Å². The maximum Gasteiger partial charge on any atom is 0.195 e. The predicted octanol–water partition coefficient (Wildman–Crippen LogP) is 3.70. The maximum absolute atomic E-state index is 5.75. The average Bonchev–Trinajstić information content (AvgIpc) is 3.48. The van der Waals surface area contributed by atoms with Crippen LogP contribution in [0.3, 0.4) is 0 Å². The molecule has 0 bridgehead atoms. The van der Waals surface area contributed by atoms with Crippen LogP contribution in [0, 0.1) is 0 Å². The van der Waals surface area contributed by atoms with E-state index in [0.29, 0.717) is 19.8 Å². The molecule has 0 saturated carbocycles. The van der Waals surface area contributed by atoms with Crippen molar-refractivity contribution < 1.29 is 14.2 Å². The van der Waals surface area contributed by atoms with Crippen LogP contribution in [0.25, 0.3) is 0 Å². The van der Waals surface area contributed by atoms with Gasteiger partial charge in [-0.2, -0.15) is 5.10 Å². The molecular weight excluding hydrogens is 406 g/mol. The molecule has 32 heavy (non-hydrogen) atoms. The molecule has 0 spiro atoms. The smallest absolute Gasteiger partial charge is 0.195 e. The van der Waals surface area contributed by atoms with Crippen LogP contribution in [0.1, 0.15) is 39.5 Å². The molecule has 0 aliphatic carbocycles. The normalized spacial score (nSPS) is 16.5. The highest BCUT2D eigenvalue weighted by atomic mass is 16.5. The second kappa shape index (κ2) is 13.8. The fourth-order valence-electron chi connectivity index (χ4n) is 3.39. The minimum Gasteiger partial charge on any atom is -0.491 e. The van der Waals surface area contributed by atoms with E-state index < -0.39 is 0 Å². The van der Waals surface area contributed by atoms with E-state index in [1.165, 1.54) is 0 Å². The fourth-order valence-corrected chi connectivity index (χ4v) is 3.39. The predicted molar refractivity (Wildman–Crippen MR) is 127 cm³/mol. The molecule has 1 saturated heterocycles. The zero-order chi connectivity index (χ0) is 22.4. The summed E-state index contributed by atoms with van der Waals surface area (Å²) in [5, 5.41) is 11.0. The lowest BCUT2D eigenvalue weighted by Gasteiger charge is -2.15. The second-order valence-corrected chi connectivity index (χ2v) is 8.16. The fraction of sp³-hybridized carbons (Fsp3) is 0.583. The summed E-state index contributed by atoms with van der Waals surface area (Å²) in [6, 6.07) is 9.88. The van der Waals surface area contributed by atoms with Crippen molar-refractivity contribution in [2.75, 3.05) is 38.2 Å². The van der Waals surface area contributed by atoms with Gasteiger partial charge in [-0.1, -0.05) is 0 Å². The number of rotatable bonds is 13. The van der Waals surface area contributed by atoms with Crippen molar-refractivity contribution in [2.45, 2.75) is 58.3 Å². The second-order valence-electron chi connectivity index (χ2n) is 8.16. The molecule has 2 aromatic rings. The van der Waals surface area contributed by atoms with Gasteiger partial charge in [0.1, 0.15) is 5.75 Å². The van der Waals surface area contributed by atoms with E-state index in [-0.39, 0.29) is 12.2 Å². The first-order valence-electron chi connectivity index (χ1n) is 11.7. The Labute approximate surface area is 191 Å². The van der Waals surface area contributed by atoms with Gasteiger partial charge in [-0.25, -0.2) is 0 Å². The number of hydrogen-bond donors (Lipinski definition) is 2. The largest absolute Gasteiger partial charge is 0.491 e. The zero-order valence-electron chi connectivity index (χ0n) is 19.3. The van der Waals surface area contributed by atoms with Gasteiger partial charge in [-0.05, 0) is 69.9 Å². The Hall–Kier alpha value is -2.58. The molecular formula is C24H37N5O3. The van der Waals surface area contributed by atoms with Crippen LogP contribution in [0.2, 0.25) is 0 Å². The summed E-state index contributed by atoms with van der Waals surface area (Å²) in [5.74, 6) is 1.63. The van der Waals surface area contributed by atoms with Crippen molar-refractivity contribution in [3.05, 3.63) is 42.7 Å². The Morgan fingerprint density at radius 3 is 2.88 bits per heavy atom. The molecule has 8 nitrogen and oxygen atoms in total. The van der Waals surface area contributed by atoms with Crippen LogP contribution in [0.5, 0.6) is 5.75 Å². The van der Waals surface area contributed by atoms with Crippen LogP contribution in [0.15, 0.2) is 47.7 Å². The Morgan fingerprint density at radius 2 is 2.16 bits per heavy atom. The minimum atomic E-state index is 0.157. The monoisotopic (exact) mass is 443 g/mol. The number of aromatic nitrogens is 2. The van der Waals surface area contributed by atoms with E-state index in [1.807, 2.05) is 55.1 Å². The van der Waals surface area contributed by atoms with E-state index in [1.54, 1.807) is 6.20 Å². The molecule has 1 aromatic heterocycles. The Bertz CT molecular complexity index is 771. The summed E-state index contributed by atoms with van der Waals surface area (Å²) in [6.07, 6.45) is 8.28. The van der Waals surface area contributed by atoms with E-state index in [2.05, 4.69) is 15.7 Å². The van der Waals surface area contributed by atoms with Gasteiger partial charge in [-0.3, -0.25) is 9.67 Å². The molecule has 2 N–H and O–H groups in total. The van der Waals surface area contributed by atoms with Crippen LogP contribution in [0.4, 0.5) is 5.69 Å². The molecule has 3 rings (SSSR count). The molecule has 1 aromatic carbocycles. The minimum absolute atomic E-state index is 0.157. The van der Waals surface area contributed by atoms with Gasteiger partial charge in [0.05, 0.1) is 18.8 Å². The maximum atomic E-state index is 5.75. The first kappa shape index (κ1) is 24.1. The first-order chi connectivity index (χ1) is 15.7. The number of nitrogens with one attached hydrogen (secondary N) is 2. The molecule has 1 aliphatic heterocycles. The lowest BCUT2D eigenvalue weighted by Crippen LogP contribution is -2.32. The van der Waals surface area contributed by atoms with Crippen molar-refractivity contribution in [3.63, 3.8) is 0 Å². The summed E-state index contributed by atoms with van der Waals surface area (Å²) in [5.41, 5.74) is 0.967. The number of aryl methyl sites for hydroxylation is 1. The summed E-state index contributed by atoms with van der Waals surface area (Å²) in [6.45, 7) is 8.65. The van der Waals surface area contributed by atoms with Crippen molar-refractivity contribution in [3.8, 4) is 5.75 Å². The lowest BCUT2D eigenvalue weighted by molar-refractivity contribution is 0.0168. The molecule has 2 heterocycles. The number of aliphatic imine (C=N–C) groups is 1. The highest BCUT2D eigenvalue weighted by Crippen LogP contribution is 2.17. The number of hydrogen-bond acceptors (Lipinski definition) is 5. The number of nitrogens with zero attached hydrogens (tertiary/aromatic N) is 3. The molecule has 0 amide bonds. The summed E-state index contributed by atoms with van der Waals surface area (Å²) in [4.78, 5) is 4.73. The molecule has 8 heteroatoms.